The van der Waals surface area contributed by atoms with Crippen LogP contribution < -0.4 is 0 Å². The van der Waals surface area contributed by atoms with Gasteiger partial charge in [0.2, 0.25) is 0 Å². The maximum atomic E-state index is 5.01. The Morgan fingerprint density at radius 1 is 0.840 bits per heavy atom. The van der Waals surface area contributed by atoms with E-state index in [9.17, 15) is 0 Å². The van der Waals surface area contributed by atoms with Gasteiger partial charge in [0, 0.05) is 23.5 Å². The number of nitrogens with zero attached hydrogens (tertiary/aromatic N) is 3. The van der Waals surface area contributed by atoms with Crippen molar-refractivity contribution in [1.29, 1.82) is 0 Å². The molecular formula is C22H37N3. The van der Waals surface area contributed by atoms with Crippen LogP contribution in [0.15, 0.2) is 24.3 Å². The Balaban J connectivity index is 2.57. The second kappa shape index (κ2) is 5.84. The highest BCUT2D eigenvalue weighted by molar-refractivity contribution is 5.76. The van der Waals surface area contributed by atoms with E-state index in [1.807, 2.05) is 0 Å². The summed E-state index contributed by atoms with van der Waals surface area (Å²) < 4.78 is 2.26. The molecule has 2 aromatic rings. The van der Waals surface area contributed by atoms with Crippen LogP contribution in [-0.4, -0.2) is 32.6 Å². The zero-order valence-corrected chi connectivity index (χ0v) is 18.2. The maximum absolute atomic E-state index is 5.01. The summed E-state index contributed by atoms with van der Waals surface area (Å²) in [4.78, 5) is 7.55. The number of aromatic nitrogens is 2. The van der Waals surface area contributed by atoms with E-state index < -0.39 is 0 Å². The molecule has 0 radical (unpaired) electrons. The first-order valence-electron chi connectivity index (χ1n) is 9.31. The fourth-order valence-electron chi connectivity index (χ4n) is 3.60. The third-order valence-corrected chi connectivity index (χ3v) is 7.39. The highest BCUT2D eigenvalue weighted by Gasteiger charge is 2.51. The van der Waals surface area contributed by atoms with E-state index in [1.54, 1.807) is 0 Å². The molecule has 0 spiro atoms. The summed E-state index contributed by atoms with van der Waals surface area (Å²) in [6.07, 6.45) is 0. The molecule has 0 atom stereocenters. The minimum Gasteiger partial charge on any atom is -0.331 e. The van der Waals surface area contributed by atoms with Crippen LogP contribution in [0.5, 0.6) is 0 Å². The number of aryl methyl sites for hydroxylation is 1. The van der Waals surface area contributed by atoms with E-state index in [4.69, 9.17) is 4.98 Å². The van der Waals surface area contributed by atoms with Crippen molar-refractivity contribution in [3.63, 3.8) is 0 Å². The van der Waals surface area contributed by atoms with Gasteiger partial charge in [0.15, 0.2) is 0 Å². The lowest BCUT2D eigenvalue weighted by atomic mass is 9.67. The average Bonchev–Trinajstić information content (AvgIpc) is 2.83. The van der Waals surface area contributed by atoms with Crippen LogP contribution in [0.4, 0.5) is 0 Å². The summed E-state index contributed by atoms with van der Waals surface area (Å²) in [6.45, 7) is 21.0. The summed E-state index contributed by atoms with van der Waals surface area (Å²) in [5, 5.41) is 0. The smallest absolute Gasteiger partial charge is 0.117 e. The zero-order valence-electron chi connectivity index (χ0n) is 18.2. The molecule has 3 heteroatoms. The first kappa shape index (κ1) is 20.0. The summed E-state index contributed by atoms with van der Waals surface area (Å²) in [5.41, 5.74) is 2.26. The number of rotatable bonds is 4. The number of hydrogen-bond donors (Lipinski definition) is 0. The summed E-state index contributed by atoms with van der Waals surface area (Å²) in [7, 11) is 4.40. The van der Waals surface area contributed by atoms with E-state index in [0.29, 0.717) is 0 Å². The molecular weight excluding hydrogens is 306 g/mol. The van der Waals surface area contributed by atoms with E-state index in [2.05, 4.69) is 110 Å². The fourth-order valence-corrected chi connectivity index (χ4v) is 3.60. The second-order valence-electron chi connectivity index (χ2n) is 10.0. The first-order chi connectivity index (χ1) is 11.2. The Morgan fingerprint density at radius 2 is 1.36 bits per heavy atom. The van der Waals surface area contributed by atoms with Crippen molar-refractivity contribution >= 4 is 11.0 Å². The number of para-hydroxylation sites is 2. The molecule has 0 amide bonds. The minimum atomic E-state index is -0.127. The van der Waals surface area contributed by atoms with Gasteiger partial charge >= 0.3 is 0 Å². The third-order valence-electron chi connectivity index (χ3n) is 7.39. The van der Waals surface area contributed by atoms with Gasteiger partial charge in [-0.25, -0.2) is 4.98 Å². The van der Waals surface area contributed by atoms with Gasteiger partial charge in [-0.2, -0.15) is 0 Å². The lowest BCUT2D eigenvalue weighted by Crippen LogP contribution is -2.65. The van der Waals surface area contributed by atoms with E-state index in [1.165, 1.54) is 5.52 Å². The van der Waals surface area contributed by atoms with Crippen LogP contribution in [0.25, 0.3) is 11.0 Å². The van der Waals surface area contributed by atoms with Crippen LogP contribution in [0.2, 0.25) is 0 Å². The molecule has 140 valence electrons. The van der Waals surface area contributed by atoms with Gasteiger partial charge in [-0.3, -0.25) is 4.90 Å². The lowest BCUT2D eigenvalue weighted by molar-refractivity contribution is -0.0574. The second-order valence-corrected chi connectivity index (χ2v) is 10.0. The van der Waals surface area contributed by atoms with Crippen LogP contribution in [0.1, 0.15) is 68.1 Å². The van der Waals surface area contributed by atoms with E-state index >= 15 is 0 Å². The normalized spacial score (nSPS) is 14.6. The molecule has 3 nitrogen and oxygen atoms in total. The SMILES string of the molecule is CN(C(C)(C)C(C)(C)C)C(C)(C)C(C)(C)c1nc2ccccc2n1C. The van der Waals surface area contributed by atoms with Crippen LogP contribution >= 0.6 is 0 Å². The molecule has 0 N–H and O–H groups in total. The Kier molecular flexibility index (Phi) is 4.66. The summed E-state index contributed by atoms with van der Waals surface area (Å²) in [5.74, 6) is 1.13. The predicted molar refractivity (Wildman–Crippen MR) is 109 cm³/mol. The van der Waals surface area contributed by atoms with Crippen LogP contribution in [-0.2, 0) is 12.5 Å². The van der Waals surface area contributed by atoms with Crippen molar-refractivity contribution in [2.24, 2.45) is 12.5 Å². The molecule has 2 rings (SSSR count). The largest absolute Gasteiger partial charge is 0.331 e. The van der Waals surface area contributed by atoms with Gasteiger partial charge in [0.25, 0.3) is 0 Å². The molecule has 0 bridgehead atoms. The molecule has 0 aliphatic carbocycles. The number of hydrogen-bond acceptors (Lipinski definition) is 2. The van der Waals surface area contributed by atoms with Gasteiger partial charge in [-0.1, -0.05) is 46.8 Å². The van der Waals surface area contributed by atoms with Gasteiger partial charge < -0.3 is 4.57 Å². The Hall–Kier alpha value is -1.35. The van der Waals surface area contributed by atoms with Crippen molar-refractivity contribution in [2.75, 3.05) is 7.05 Å². The Labute approximate surface area is 154 Å². The molecule has 1 heterocycles. The standard InChI is InChI=1S/C22H37N3/c1-19(2,3)21(6,7)25(11)22(8,9)20(4,5)18-23-16-14-12-13-15-17(16)24(18)10/h12-15H,1-11H3. The topological polar surface area (TPSA) is 21.1 Å². The number of benzene rings is 1. The summed E-state index contributed by atoms with van der Waals surface area (Å²) >= 11 is 0. The molecule has 0 aliphatic rings. The molecule has 1 aromatic heterocycles. The van der Waals surface area contributed by atoms with E-state index in [0.717, 1.165) is 11.3 Å². The quantitative estimate of drug-likeness (QED) is 0.742. The zero-order chi connectivity index (χ0) is 19.4. The van der Waals surface area contributed by atoms with E-state index in [-0.39, 0.29) is 21.9 Å². The van der Waals surface area contributed by atoms with Crippen molar-refractivity contribution in [2.45, 2.75) is 78.8 Å². The number of imidazole rings is 1. The molecule has 0 aliphatic heterocycles. The van der Waals surface area contributed by atoms with Crippen molar-refractivity contribution in [1.82, 2.24) is 14.5 Å². The van der Waals surface area contributed by atoms with Crippen molar-refractivity contribution in [3.05, 3.63) is 30.1 Å². The molecule has 0 fully saturated rings. The molecule has 0 unspecified atom stereocenters. The lowest BCUT2D eigenvalue weighted by Gasteiger charge is -2.57. The van der Waals surface area contributed by atoms with Crippen LogP contribution in [0.3, 0.4) is 0 Å². The van der Waals surface area contributed by atoms with Gasteiger partial charge in [-0.05, 0) is 52.3 Å². The minimum absolute atomic E-state index is 0.0400. The molecule has 0 saturated heterocycles. The highest BCUT2D eigenvalue weighted by Crippen LogP contribution is 2.45. The predicted octanol–water partition coefficient (Wildman–Crippen LogP) is 5.39. The Morgan fingerprint density at radius 3 is 1.84 bits per heavy atom. The summed E-state index contributed by atoms with van der Waals surface area (Å²) in [6, 6.07) is 8.40. The van der Waals surface area contributed by atoms with Gasteiger partial charge in [0.1, 0.15) is 5.82 Å². The van der Waals surface area contributed by atoms with Crippen molar-refractivity contribution in [3.8, 4) is 0 Å². The number of likely N-dealkylation sites (N-methyl/N-ethyl adjacent to an activating group) is 1. The fraction of sp³-hybridized carbons (Fsp3) is 0.682. The maximum Gasteiger partial charge on any atom is 0.117 e. The molecule has 1 aromatic carbocycles. The van der Waals surface area contributed by atoms with Crippen LogP contribution in [0, 0.1) is 5.41 Å². The highest BCUT2D eigenvalue weighted by atomic mass is 15.3. The monoisotopic (exact) mass is 343 g/mol. The number of fused-ring (bicyclic) bond motifs is 1. The third kappa shape index (κ3) is 2.91. The first-order valence-corrected chi connectivity index (χ1v) is 9.31. The van der Waals surface area contributed by atoms with Crippen molar-refractivity contribution < 1.29 is 0 Å². The molecule has 25 heavy (non-hydrogen) atoms. The Bertz CT molecular complexity index is 757. The average molecular weight is 344 g/mol. The van der Waals surface area contributed by atoms with Gasteiger partial charge in [-0.15, -0.1) is 0 Å². The van der Waals surface area contributed by atoms with Gasteiger partial charge in [0.05, 0.1) is 11.0 Å². The molecule has 0 saturated carbocycles.